The third-order valence-corrected chi connectivity index (χ3v) is 4.03. The van der Waals surface area contributed by atoms with E-state index in [1.54, 1.807) is 12.1 Å². The second-order valence-corrected chi connectivity index (χ2v) is 5.85. The number of fused-ring (bicyclic) bond motifs is 1. The molecule has 1 atom stereocenters. The molecule has 0 fully saturated rings. The number of carbonyl (C=O) groups is 1. The van der Waals surface area contributed by atoms with E-state index in [-0.39, 0.29) is 24.1 Å². The maximum atomic E-state index is 13.7. The highest BCUT2D eigenvalue weighted by molar-refractivity contribution is 9.10. The maximum Gasteiger partial charge on any atom is 0.159 e. The van der Waals surface area contributed by atoms with Crippen LogP contribution in [0.25, 0.3) is 0 Å². The van der Waals surface area contributed by atoms with Gasteiger partial charge in [-0.1, -0.05) is 34.1 Å². The molecule has 2 aromatic rings. The minimum absolute atomic E-state index is 0.0122. The van der Waals surface area contributed by atoms with Crippen LogP contribution in [0.4, 0.5) is 10.1 Å². The van der Waals surface area contributed by atoms with Crippen molar-refractivity contribution in [1.29, 1.82) is 0 Å². The van der Waals surface area contributed by atoms with E-state index in [2.05, 4.69) is 21.2 Å². The lowest BCUT2D eigenvalue weighted by atomic mass is 10.0. The van der Waals surface area contributed by atoms with Crippen molar-refractivity contribution in [1.82, 2.24) is 0 Å². The van der Waals surface area contributed by atoms with Gasteiger partial charge in [0, 0.05) is 23.0 Å². The highest BCUT2D eigenvalue weighted by Crippen LogP contribution is 2.26. The Labute approximate surface area is 125 Å². The first-order valence-corrected chi connectivity index (χ1v) is 7.24. The van der Waals surface area contributed by atoms with Gasteiger partial charge in [0.1, 0.15) is 5.82 Å². The van der Waals surface area contributed by atoms with E-state index in [9.17, 15) is 9.18 Å². The van der Waals surface area contributed by atoms with Crippen LogP contribution in [0, 0.1) is 5.82 Å². The Morgan fingerprint density at radius 2 is 2.10 bits per heavy atom. The number of benzene rings is 2. The smallest absolute Gasteiger partial charge is 0.159 e. The van der Waals surface area contributed by atoms with Gasteiger partial charge in [-0.25, -0.2) is 4.39 Å². The quantitative estimate of drug-likeness (QED) is 0.927. The van der Waals surface area contributed by atoms with Gasteiger partial charge >= 0.3 is 0 Å². The lowest BCUT2D eigenvalue weighted by molar-refractivity contribution is -0.119. The first-order valence-electron chi connectivity index (χ1n) is 6.44. The predicted molar refractivity (Wildman–Crippen MR) is 80.4 cm³/mol. The molecule has 1 heterocycles. The Bertz CT molecular complexity index is 646. The van der Waals surface area contributed by atoms with Gasteiger partial charge in [0.05, 0.1) is 6.04 Å². The average molecular weight is 334 g/mol. The zero-order valence-electron chi connectivity index (χ0n) is 10.7. The Balaban J connectivity index is 1.74. The molecule has 1 aliphatic heterocycles. The molecule has 2 aromatic carbocycles. The van der Waals surface area contributed by atoms with Crippen LogP contribution in [0.3, 0.4) is 0 Å². The van der Waals surface area contributed by atoms with Crippen LogP contribution in [0.5, 0.6) is 0 Å². The van der Waals surface area contributed by atoms with Gasteiger partial charge in [-0.2, -0.15) is 0 Å². The molecule has 0 amide bonds. The van der Waals surface area contributed by atoms with E-state index < -0.39 is 0 Å². The van der Waals surface area contributed by atoms with Crippen LogP contribution in [0.1, 0.15) is 11.1 Å². The van der Waals surface area contributed by atoms with Gasteiger partial charge in [-0.05, 0) is 35.4 Å². The lowest BCUT2D eigenvalue weighted by Crippen LogP contribution is -2.28. The molecule has 2 nitrogen and oxygen atoms in total. The fraction of sp³-hybridized carbons (Fsp3) is 0.188. The molecule has 0 aromatic heterocycles. The van der Waals surface area contributed by atoms with Crippen LogP contribution in [0.15, 0.2) is 46.9 Å². The van der Waals surface area contributed by atoms with Gasteiger partial charge in [0.15, 0.2) is 5.78 Å². The standard InChI is InChI=1S/C16H13BrFNO/c17-12-5-6-13(18)11(7-12)9-16(20)15-8-10-3-1-2-4-14(10)19-15/h1-7,15,19H,8-9H2. The van der Waals surface area contributed by atoms with E-state index in [1.807, 2.05) is 24.3 Å². The van der Waals surface area contributed by atoms with Crippen LogP contribution in [-0.2, 0) is 17.6 Å². The number of halogens is 2. The molecule has 4 heteroatoms. The fourth-order valence-electron chi connectivity index (χ4n) is 2.48. The van der Waals surface area contributed by atoms with Crippen LogP contribution < -0.4 is 5.32 Å². The summed E-state index contributed by atoms with van der Waals surface area (Å²) in [6, 6.07) is 12.3. The number of carbonyl (C=O) groups excluding carboxylic acids is 1. The Morgan fingerprint density at radius 1 is 1.30 bits per heavy atom. The number of hydrogen-bond donors (Lipinski definition) is 1. The van der Waals surface area contributed by atoms with Crippen molar-refractivity contribution >= 4 is 27.4 Å². The topological polar surface area (TPSA) is 29.1 Å². The minimum atomic E-state index is -0.336. The van der Waals surface area contributed by atoms with Crippen molar-refractivity contribution in [2.45, 2.75) is 18.9 Å². The summed E-state index contributed by atoms with van der Waals surface area (Å²) in [5.41, 5.74) is 2.57. The molecule has 0 aliphatic carbocycles. The first-order chi connectivity index (χ1) is 9.63. The minimum Gasteiger partial charge on any atom is -0.375 e. The number of nitrogens with one attached hydrogen (secondary N) is 1. The Morgan fingerprint density at radius 3 is 2.90 bits per heavy atom. The van der Waals surface area contributed by atoms with Gasteiger partial charge in [-0.15, -0.1) is 0 Å². The Hall–Kier alpha value is -1.68. The van der Waals surface area contributed by atoms with Gasteiger partial charge in [0.2, 0.25) is 0 Å². The van der Waals surface area contributed by atoms with E-state index in [0.29, 0.717) is 12.0 Å². The molecule has 0 spiro atoms. The lowest BCUT2D eigenvalue weighted by Gasteiger charge is -2.11. The molecule has 0 radical (unpaired) electrons. The summed E-state index contributed by atoms with van der Waals surface area (Å²) in [7, 11) is 0. The largest absolute Gasteiger partial charge is 0.375 e. The number of rotatable bonds is 3. The maximum absolute atomic E-state index is 13.7. The van der Waals surface area contributed by atoms with Crippen LogP contribution >= 0.6 is 15.9 Å². The fourth-order valence-corrected chi connectivity index (χ4v) is 2.89. The second-order valence-electron chi connectivity index (χ2n) is 4.94. The molecule has 20 heavy (non-hydrogen) atoms. The van der Waals surface area contributed by atoms with Crippen molar-refractivity contribution in [3.05, 3.63) is 63.9 Å². The molecule has 1 N–H and O–H groups in total. The molecule has 3 rings (SSSR count). The van der Waals surface area contributed by atoms with Crippen molar-refractivity contribution in [3.8, 4) is 0 Å². The molecule has 0 saturated carbocycles. The number of Topliss-reactive ketones (excluding diaryl/α,β-unsaturated/α-hetero) is 1. The molecular formula is C16H13BrFNO. The Kier molecular flexibility index (Phi) is 3.57. The van der Waals surface area contributed by atoms with E-state index >= 15 is 0 Å². The summed E-state index contributed by atoms with van der Waals surface area (Å²) in [5, 5.41) is 3.20. The third kappa shape index (κ3) is 2.61. The van der Waals surface area contributed by atoms with Crippen LogP contribution in [-0.4, -0.2) is 11.8 Å². The molecule has 1 unspecified atom stereocenters. The molecule has 1 aliphatic rings. The van der Waals surface area contributed by atoms with Gasteiger partial charge in [-0.3, -0.25) is 4.79 Å². The van der Waals surface area contributed by atoms with Crippen LogP contribution in [0.2, 0.25) is 0 Å². The van der Waals surface area contributed by atoms with E-state index in [1.165, 1.54) is 6.07 Å². The second kappa shape index (κ2) is 5.37. The highest BCUT2D eigenvalue weighted by Gasteiger charge is 2.26. The average Bonchev–Trinajstić information content (AvgIpc) is 2.87. The highest BCUT2D eigenvalue weighted by atomic mass is 79.9. The number of hydrogen-bond acceptors (Lipinski definition) is 2. The SMILES string of the molecule is O=C(Cc1cc(Br)ccc1F)C1Cc2ccccc2N1. The monoisotopic (exact) mass is 333 g/mol. The summed E-state index contributed by atoms with van der Waals surface area (Å²) >= 11 is 3.30. The third-order valence-electron chi connectivity index (χ3n) is 3.53. The number of ketones is 1. The molecule has 0 bridgehead atoms. The van der Waals surface area contributed by atoms with E-state index in [0.717, 1.165) is 15.7 Å². The normalized spacial score (nSPS) is 16.6. The molecule has 102 valence electrons. The van der Waals surface area contributed by atoms with E-state index in [4.69, 9.17) is 0 Å². The summed E-state index contributed by atoms with van der Waals surface area (Å²) in [6.45, 7) is 0. The zero-order chi connectivity index (χ0) is 14.1. The summed E-state index contributed by atoms with van der Waals surface area (Å²) < 4.78 is 14.5. The van der Waals surface area contributed by atoms with Crippen molar-refractivity contribution in [3.63, 3.8) is 0 Å². The van der Waals surface area contributed by atoms with Crippen molar-refractivity contribution in [2.24, 2.45) is 0 Å². The summed E-state index contributed by atoms with van der Waals surface area (Å²) in [4.78, 5) is 12.3. The molecular weight excluding hydrogens is 321 g/mol. The number of para-hydroxylation sites is 1. The summed E-state index contributed by atoms with van der Waals surface area (Å²) in [5.74, 6) is -0.324. The summed E-state index contributed by atoms with van der Waals surface area (Å²) in [6.07, 6.45) is 0.779. The van der Waals surface area contributed by atoms with Gasteiger partial charge in [0.25, 0.3) is 0 Å². The first kappa shape index (κ1) is 13.3. The van der Waals surface area contributed by atoms with Crippen molar-refractivity contribution in [2.75, 3.05) is 5.32 Å². The predicted octanol–water partition coefficient (Wildman–Crippen LogP) is 3.74. The van der Waals surface area contributed by atoms with Crippen molar-refractivity contribution < 1.29 is 9.18 Å². The zero-order valence-corrected chi connectivity index (χ0v) is 12.3. The molecule has 0 saturated heterocycles. The number of anilines is 1. The van der Waals surface area contributed by atoms with Gasteiger partial charge < -0.3 is 5.32 Å².